The second-order valence-corrected chi connectivity index (χ2v) is 6.99. The van der Waals surface area contributed by atoms with Crippen molar-refractivity contribution in [1.82, 2.24) is 9.97 Å². The van der Waals surface area contributed by atoms with Gasteiger partial charge in [-0.25, -0.2) is 4.98 Å². The summed E-state index contributed by atoms with van der Waals surface area (Å²) in [4.78, 5) is 9.24. The third-order valence-corrected chi connectivity index (χ3v) is 4.70. The molecule has 0 saturated heterocycles. The Kier molecular flexibility index (Phi) is 5.34. The molecule has 0 aliphatic heterocycles. The summed E-state index contributed by atoms with van der Waals surface area (Å²) in [6.45, 7) is 6.22. The Morgan fingerprint density at radius 3 is 2.42 bits per heavy atom. The average molecular weight is 324 g/mol. The molecule has 3 rings (SSSR count). The van der Waals surface area contributed by atoms with E-state index in [0.29, 0.717) is 12.0 Å². The number of nitrogens with zero attached hydrogens (tertiary/aromatic N) is 2. The molecule has 1 heterocycles. The maximum Gasteiger partial charge on any atom is 0.229 e. The van der Waals surface area contributed by atoms with E-state index in [4.69, 9.17) is 4.98 Å². The summed E-state index contributed by atoms with van der Waals surface area (Å²) in [7, 11) is 0. The Labute approximate surface area is 145 Å². The van der Waals surface area contributed by atoms with Gasteiger partial charge in [0.2, 0.25) is 5.95 Å². The lowest BCUT2D eigenvalue weighted by molar-refractivity contribution is 0.617. The van der Waals surface area contributed by atoms with Crippen molar-refractivity contribution in [2.24, 2.45) is 0 Å². The van der Waals surface area contributed by atoms with Crippen molar-refractivity contribution in [3.63, 3.8) is 0 Å². The van der Waals surface area contributed by atoms with Gasteiger partial charge in [0.05, 0.1) is 0 Å². The van der Waals surface area contributed by atoms with Gasteiger partial charge >= 0.3 is 0 Å². The zero-order valence-electron chi connectivity index (χ0n) is 15.0. The van der Waals surface area contributed by atoms with Crippen LogP contribution < -0.4 is 10.6 Å². The van der Waals surface area contributed by atoms with Crippen LogP contribution in [0.5, 0.6) is 0 Å². The van der Waals surface area contributed by atoms with Crippen LogP contribution in [0.15, 0.2) is 24.3 Å². The number of nitrogens with one attached hydrogen (secondary N) is 2. The number of anilines is 3. The van der Waals surface area contributed by atoms with Crippen molar-refractivity contribution in [1.29, 1.82) is 0 Å². The molecule has 24 heavy (non-hydrogen) atoms. The molecule has 1 aromatic carbocycles. The molecular weight excluding hydrogens is 296 g/mol. The molecule has 0 unspecified atom stereocenters. The average Bonchev–Trinajstić information content (AvgIpc) is 2.79. The SMILES string of the molecule is Cc1ccc(C)c(Nc2nc(C)cc(NC3CCCCCC3)n2)c1. The maximum absolute atomic E-state index is 4.69. The number of aryl methyl sites for hydroxylation is 3. The summed E-state index contributed by atoms with van der Waals surface area (Å²) >= 11 is 0. The predicted octanol–water partition coefficient (Wildman–Crippen LogP) is 5.28. The van der Waals surface area contributed by atoms with Gasteiger partial charge in [0.1, 0.15) is 5.82 Å². The third-order valence-electron chi connectivity index (χ3n) is 4.70. The molecule has 0 spiro atoms. The lowest BCUT2D eigenvalue weighted by Crippen LogP contribution is -2.19. The van der Waals surface area contributed by atoms with E-state index in [9.17, 15) is 0 Å². The quantitative estimate of drug-likeness (QED) is 0.751. The third kappa shape index (κ3) is 4.47. The number of hydrogen-bond donors (Lipinski definition) is 2. The normalized spacial score (nSPS) is 15.8. The van der Waals surface area contributed by atoms with Crippen molar-refractivity contribution < 1.29 is 0 Å². The van der Waals surface area contributed by atoms with Crippen LogP contribution in [0.25, 0.3) is 0 Å². The van der Waals surface area contributed by atoms with E-state index in [-0.39, 0.29) is 0 Å². The van der Waals surface area contributed by atoms with E-state index in [2.05, 4.69) is 47.7 Å². The van der Waals surface area contributed by atoms with E-state index < -0.39 is 0 Å². The lowest BCUT2D eigenvalue weighted by Gasteiger charge is -2.18. The van der Waals surface area contributed by atoms with E-state index >= 15 is 0 Å². The fourth-order valence-electron chi connectivity index (χ4n) is 3.32. The van der Waals surface area contributed by atoms with Gasteiger partial charge in [0.25, 0.3) is 0 Å². The van der Waals surface area contributed by atoms with Gasteiger partial charge in [-0.05, 0) is 50.8 Å². The van der Waals surface area contributed by atoms with Gasteiger partial charge in [0, 0.05) is 23.5 Å². The molecule has 128 valence electrons. The number of benzene rings is 1. The maximum atomic E-state index is 4.69. The van der Waals surface area contributed by atoms with Crippen molar-refractivity contribution >= 4 is 17.5 Å². The second kappa shape index (κ2) is 7.65. The van der Waals surface area contributed by atoms with Crippen molar-refractivity contribution in [3.05, 3.63) is 41.1 Å². The largest absolute Gasteiger partial charge is 0.367 e. The van der Waals surface area contributed by atoms with Gasteiger partial charge in [-0.3, -0.25) is 0 Å². The number of rotatable bonds is 4. The second-order valence-electron chi connectivity index (χ2n) is 6.99. The highest BCUT2D eigenvalue weighted by atomic mass is 15.1. The molecule has 2 N–H and O–H groups in total. The molecule has 1 fully saturated rings. The van der Waals surface area contributed by atoms with E-state index in [1.165, 1.54) is 49.7 Å². The molecule has 1 aliphatic carbocycles. The van der Waals surface area contributed by atoms with E-state index in [1.807, 2.05) is 13.0 Å². The highest BCUT2D eigenvalue weighted by Gasteiger charge is 2.13. The molecule has 4 heteroatoms. The Morgan fingerprint density at radius 2 is 1.67 bits per heavy atom. The van der Waals surface area contributed by atoms with Crippen LogP contribution in [0.4, 0.5) is 17.5 Å². The summed E-state index contributed by atoms with van der Waals surface area (Å²) in [5, 5.41) is 7.00. The Hall–Kier alpha value is -2.10. The van der Waals surface area contributed by atoms with Crippen LogP contribution in [0.1, 0.15) is 55.3 Å². The van der Waals surface area contributed by atoms with Crippen molar-refractivity contribution in [2.75, 3.05) is 10.6 Å². The molecule has 1 aliphatic rings. The topological polar surface area (TPSA) is 49.8 Å². The van der Waals surface area contributed by atoms with Crippen molar-refractivity contribution in [2.45, 2.75) is 65.3 Å². The van der Waals surface area contributed by atoms with Crippen LogP contribution in [-0.2, 0) is 0 Å². The molecular formula is C20H28N4. The molecule has 0 bridgehead atoms. The Morgan fingerprint density at radius 1 is 0.917 bits per heavy atom. The first kappa shape index (κ1) is 16.7. The fourth-order valence-corrected chi connectivity index (χ4v) is 3.32. The first-order chi connectivity index (χ1) is 11.6. The predicted molar refractivity (Wildman–Crippen MR) is 101 cm³/mol. The first-order valence-electron chi connectivity index (χ1n) is 9.06. The zero-order valence-corrected chi connectivity index (χ0v) is 15.0. The molecule has 1 aromatic heterocycles. The smallest absolute Gasteiger partial charge is 0.229 e. The highest BCUT2D eigenvalue weighted by molar-refractivity contribution is 5.60. The first-order valence-corrected chi connectivity index (χ1v) is 9.06. The van der Waals surface area contributed by atoms with Gasteiger partial charge in [-0.15, -0.1) is 0 Å². The minimum Gasteiger partial charge on any atom is -0.367 e. The highest BCUT2D eigenvalue weighted by Crippen LogP contribution is 2.23. The van der Waals surface area contributed by atoms with Crippen LogP contribution in [-0.4, -0.2) is 16.0 Å². The van der Waals surface area contributed by atoms with Crippen LogP contribution in [0.3, 0.4) is 0 Å². The number of aromatic nitrogens is 2. The number of hydrogen-bond acceptors (Lipinski definition) is 4. The van der Waals surface area contributed by atoms with Crippen LogP contribution in [0, 0.1) is 20.8 Å². The van der Waals surface area contributed by atoms with E-state index in [0.717, 1.165) is 17.2 Å². The monoisotopic (exact) mass is 324 g/mol. The Balaban J connectivity index is 1.76. The minimum absolute atomic E-state index is 0.537. The molecule has 0 amide bonds. The molecule has 4 nitrogen and oxygen atoms in total. The Bertz CT molecular complexity index is 688. The minimum atomic E-state index is 0.537. The van der Waals surface area contributed by atoms with Crippen LogP contribution in [0.2, 0.25) is 0 Å². The summed E-state index contributed by atoms with van der Waals surface area (Å²) in [6.07, 6.45) is 7.83. The summed E-state index contributed by atoms with van der Waals surface area (Å²) in [5.74, 6) is 1.60. The summed E-state index contributed by atoms with van der Waals surface area (Å²) in [6, 6.07) is 8.96. The summed E-state index contributed by atoms with van der Waals surface area (Å²) < 4.78 is 0. The van der Waals surface area contributed by atoms with E-state index in [1.54, 1.807) is 0 Å². The van der Waals surface area contributed by atoms with Gasteiger partial charge in [-0.2, -0.15) is 4.98 Å². The van der Waals surface area contributed by atoms with Gasteiger partial charge in [0.15, 0.2) is 0 Å². The van der Waals surface area contributed by atoms with Crippen molar-refractivity contribution in [3.8, 4) is 0 Å². The molecule has 0 radical (unpaired) electrons. The van der Waals surface area contributed by atoms with Crippen LogP contribution >= 0.6 is 0 Å². The standard InChI is InChI=1S/C20H28N4/c1-14-10-11-15(2)18(12-14)23-20-21-16(3)13-19(24-20)22-17-8-6-4-5-7-9-17/h10-13,17H,4-9H2,1-3H3,(H2,21,22,23,24). The fraction of sp³-hybridized carbons (Fsp3) is 0.500. The molecule has 1 saturated carbocycles. The molecule has 0 atom stereocenters. The lowest BCUT2D eigenvalue weighted by atomic mass is 10.1. The van der Waals surface area contributed by atoms with Gasteiger partial charge in [-0.1, -0.05) is 37.8 Å². The zero-order chi connectivity index (χ0) is 16.9. The summed E-state index contributed by atoms with van der Waals surface area (Å²) in [5.41, 5.74) is 4.48. The molecule has 2 aromatic rings. The van der Waals surface area contributed by atoms with Gasteiger partial charge < -0.3 is 10.6 Å².